The number of likely N-dealkylation sites (tertiary alicyclic amines) is 1. The molecule has 21 heavy (non-hydrogen) atoms. The normalized spacial score (nSPS) is 30.6. The third kappa shape index (κ3) is 5.47. The Bertz CT molecular complexity index is 348. The van der Waals surface area contributed by atoms with E-state index >= 15 is 0 Å². The highest BCUT2D eigenvalue weighted by Crippen LogP contribution is 2.22. The summed E-state index contributed by atoms with van der Waals surface area (Å²) in [6.45, 7) is 11.4. The summed E-state index contributed by atoms with van der Waals surface area (Å²) in [5.74, 6) is 0. The van der Waals surface area contributed by atoms with Crippen LogP contribution in [-0.2, 0) is 4.74 Å². The number of rotatable bonds is 4. The smallest absolute Gasteiger partial charge is 0.407 e. The van der Waals surface area contributed by atoms with Gasteiger partial charge in [-0.15, -0.1) is 0 Å². The number of ether oxygens (including phenoxy) is 1. The average molecular weight is 297 g/mol. The zero-order valence-corrected chi connectivity index (χ0v) is 13.9. The van der Waals surface area contributed by atoms with Gasteiger partial charge in [-0.2, -0.15) is 0 Å². The summed E-state index contributed by atoms with van der Waals surface area (Å²) < 4.78 is 5.28. The molecule has 1 heterocycles. The largest absolute Gasteiger partial charge is 0.444 e. The van der Waals surface area contributed by atoms with E-state index in [0.717, 1.165) is 25.9 Å². The number of alkyl carbamates (subject to hydrolysis) is 1. The van der Waals surface area contributed by atoms with Crippen molar-refractivity contribution in [2.24, 2.45) is 0 Å². The molecule has 1 amide bonds. The lowest BCUT2D eigenvalue weighted by Gasteiger charge is -2.41. The first-order chi connectivity index (χ1) is 9.85. The van der Waals surface area contributed by atoms with Crippen LogP contribution in [0.4, 0.5) is 4.79 Å². The highest BCUT2D eigenvalue weighted by Gasteiger charge is 2.33. The summed E-state index contributed by atoms with van der Waals surface area (Å²) in [4.78, 5) is 14.2. The van der Waals surface area contributed by atoms with E-state index in [1.807, 2.05) is 20.8 Å². The number of amides is 1. The monoisotopic (exact) mass is 297 g/mol. The highest BCUT2D eigenvalue weighted by atomic mass is 16.6. The summed E-state index contributed by atoms with van der Waals surface area (Å²) in [7, 11) is 0. The van der Waals surface area contributed by atoms with Gasteiger partial charge in [-0.25, -0.2) is 4.79 Å². The van der Waals surface area contributed by atoms with Gasteiger partial charge in [0.1, 0.15) is 5.60 Å². The number of nitrogens with zero attached hydrogens (tertiary/aromatic N) is 1. The number of nitrogens with one attached hydrogen (secondary N) is 2. The van der Waals surface area contributed by atoms with Gasteiger partial charge in [-0.05, 0) is 59.5 Å². The summed E-state index contributed by atoms with van der Waals surface area (Å²) in [5, 5.41) is 6.69. The summed E-state index contributed by atoms with van der Waals surface area (Å²) in [6.07, 6.45) is 4.30. The maximum atomic E-state index is 11.7. The summed E-state index contributed by atoms with van der Waals surface area (Å²) in [6, 6.07) is 1.43. The molecule has 0 aromatic heterocycles. The van der Waals surface area contributed by atoms with Crippen molar-refractivity contribution in [1.82, 2.24) is 15.5 Å². The fraction of sp³-hybridized carbons (Fsp3) is 0.938. The van der Waals surface area contributed by atoms with Crippen LogP contribution in [-0.4, -0.2) is 54.4 Å². The Labute approximate surface area is 128 Å². The van der Waals surface area contributed by atoms with E-state index in [1.165, 1.54) is 19.4 Å². The molecule has 1 saturated carbocycles. The zero-order chi connectivity index (χ0) is 15.5. The standard InChI is InChI=1S/C16H31N3O2/c1-5-19-8-6-7-12(11-19)17-13-9-14(10-13)18-15(20)21-16(2,3)4/h12-14,17H,5-11H2,1-4H3,(H,18,20). The molecule has 0 radical (unpaired) electrons. The number of carbonyl (C=O) groups excluding carboxylic acids is 1. The zero-order valence-electron chi connectivity index (χ0n) is 13.9. The molecule has 2 aliphatic rings. The Morgan fingerprint density at radius 3 is 2.57 bits per heavy atom. The van der Waals surface area contributed by atoms with Gasteiger partial charge >= 0.3 is 6.09 Å². The van der Waals surface area contributed by atoms with E-state index in [2.05, 4.69) is 22.5 Å². The third-order valence-electron chi connectivity index (χ3n) is 4.28. The van der Waals surface area contributed by atoms with Crippen molar-refractivity contribution in [3.8, 4) is 0 Å². The Balaban J connectivity index is 1.62. The lowest BCUT2D eigenvalue weighted by atomic mass is 9.85. The van der Waals surface area contributed by atoms with Gasteiger partial charge in [-0.1, -0.05) is 6.92 Å². The molecule has 1 aliphatic carbocycles. The van der Waals surface area contributed by atoms with Gasteiger partial charge in [0.2, 0.25) is 0 Å². The minimum absolute atomic E-state index is 0.267. The Morgan fingerprint density at radius 1 is 1.24 bits per heavy atom. The molecule has 5 nitrogen and oxygen atoms in total. The second-order valence-corrected chi connectivity index (χ2v) is 7.41. The molecule has 0 aromatic carbocycles. The molecule has 1 atom stereocenters. The van der Waals surface area contributed by atoms with Crippen LogP contribution in [0.2, 0.25) is 0 Å². The predicted octanol–water partition coefficient (Wildman–Crippen LogP) is 2.12. The first-order valence-electron chi connectivity index (χ1n) is 8.33. The van der Waals surface area contributed by atoms with Crippen LogP contribution in [0.3, 0.4) is 0 Å². The Kier molecular flexibility index (Phi) is 5.49. The van der Waals surface area contributed by atoms with Crippen molar-refractivity contribution >= 4 is 6.09 Å². The molecule has 1 aliphatic heterocycles. The van der Waals surface area contributed by atoms with Gasteiger partial charge in [-0.3, -0.25) is 0 Å². The van der Waals surface area contributed by atoms with E-state index in [0.29, 0.717) is 12.1 Å². The summed E-state index contributed by atoms with van der Waals surface area (Å²) in [5.41, 5.74) is -0.419. The highest BCUT2D eigenvalue weighted by molar-refractivity contribution is 5.68. The van der Waals surface area contributed by atoms with Crippen LogP contribution >= 0.6 is 0 Å². The number of likely N-dealkylation sites (N-methyl/N-ethyl adjacent to an activating group) is 1. The van der Waals surface area contributed by atoms with Gasteiger partial charge in [0, 0.05) is 24.7 Å². The number of carbonyl (C=O) groups is 1. The molecule has 0 bridgehead atoms. The second kappa shape index (κ2) is 6.97. The molecule has 1 unspecified atom stereocenters. The number of hydrogen-bond donors (Lipinski definition) is 2. The molecule has 0 aromatic rings. The molecule has 122 valence electrons. The van der Waals surface area contributed by atoms with Gasteiger partial charge in [0.25, 0.3) is 0 Å². The molecule has 5 heteroatoms. The van der Waals surface area contributed by atoms with Crippen molar-refractivity contribution in [2.45, 2.75) is 77.1 Å². The van der Waals surface area contributed by atoms with E-state index in [4.69, 9.17) is 4.74 Å². The fourth-order valence-corrected chi connectivity index (χ4v) is 3.16. The maximum absolute atomic E-state index is 11.7. The molecule has 2 rings (SSSR count). The Hall–Kier alpha value is -0.810. The fourth-order valence-electron chi connectivity index (χ4n) is 3.16. The molecular weight excluding hydrogens is 266 g/mol. The van der Waals surface area contributed by atoms with Crippen molar-refractivity contribution in [3.05, 3.63) is 0 Å². The average Bonchev–Trinajstić information content (AvgIpc) is 2.34. The second-order valence-electron chi connectivity index (χ2n) is 7.41. The van der Waals surface area contributed by atoms with Crippen molar-refractivity contribution in [2.75, 3.05) is 19.6 Å². The Morgan fingerprint density at radius 2 is 1.95 bits per heavy atom. The number of piperidine rings is 1. The lowest BCUT2D eigenvalue weighted by molar-refractivity contribution is 0.0459. The quantitative estimate of drug-likeness (QED) is 0.834. The van der Waals surface area contributed by atoms with Crippen LogP contribution in [0.15, 0.2) is 0 Å². The van der Waals surface area contributed by atoms with Crippen molar-refractivity contribution in [1.29, 1.82) is 0 Å². The first kappa shape index (κ1) is 16.6. The third-order valence-corrected chi connectivity index (χ3v) is 4.28. The maximum Gasteiger partial charge on any atom is 0.407 e. The number of hydrogen-bond acceptors (Lipinski definition) is 4. The molecule has 2 N–H and O–H groups in total. The van der Waals surface area contributed by atoms with Crippen molar-refractivity contribution in [3.63, 3.8) is 0 Å². The molecule has 2 fully saturated rings. The molecular formula is C16H31N3O2. The molecule has 1 saturated heterocycles. The first-order valence-corrected chi connectivity index (χ1v) is 8.33. The van der Waals surface area contributed by atoms with Crippen LogP contribution in [0.25, 0.3) is 0 Å². The lowest BCUT2D eigenvalue weighted by Crippen LogP contribution is -2.57. The van der Waals surface area contributed by atoms with E-state index in [1.54, 1.807) is 0 Å². The van der Waals surface area contributed by atoms with Crippen LogP contribution in [0, 0.1) is 0 Å². The molecule has 0 spiro atoms. The minimum Gasteiger partial charge on any atom is -0.444 e. The van der Waals surface area contributed by atoms with Gasteiger partial charge < -0.3 is 20.3 Å². The van der Waals surface area contributed by atoms with E-state index in [-0.39, 0.29) is 12.1 Å². The minimum atomic E-state index is -0.419. The predicted molar refractivity (Wildman–Crippen MR) is 84.5 cm³/mol. The van der Waals surface area contributed by atoms with Crippen LogP contribution < -0.4 is 10.6 Å². The van der Waals surface area contributed by atoms with Gasteiger partial charge in [0.15, 0.2) is 0 Å². The SMILES string of the molecule is CCN1CCCC(NC2CC(NC(=O)OC(C)(C)C)C2)C1. The van der Waals surface area contributed by atoms with Gasteiger partial charge in [0.05, 0.1) is 0 Å². The van der Waals surface area contributed by atoms with Crippen LogP contribution in [0.5, 0.6) is 0 Å². The van der Waals surface area contributed by atoms with Crippen molar-refractivity contribution < 1.29 is 9.53 Å². The summed E-state index contributed by atoms with van der Waals surface area (Å²) >= 11 is 0. The topological polar surface area (TPSA) is 53.6 Å². The van der Waals surface area contributed by atoms with E-state index in [9.17, 15) is 4.79 Å². The van der Waals surface area contributed by atoms with Crippen LogP contribution in [0.1, 0.15) is 53.4 Å². The van der Waals surface area contributed by atoms with E-state index < -0.39 is 5.60 Å².